The topological polar surface area (TPSA) is 19.4 Å². The van der Waals surface area contributed by atoms with Crippen LogP contribution >= 0.6 is 0 Å². The molecule has 0 saturated heterocycles. The third kappa shape index (κ3) is 2.58. The second-order valence-electron chi connectivity index (χ2n) is 5.70. The summed E-state index contributed by atoms with van der Waals surface area (Å²) in [7, 11) is 2.13. The van der Waals surface area contributed by atoms with Gasteiger partial charge >= 0.3 is 0 Å². The fraction of sp³-hybridized carbons (Fsp3) is 0.471. The second kappa shape index (κ2) is 5.70. The molecule has 1 aliphatic rings. The van der Waals surface area contributed by atoms with Crippen molar-refractivity contribution in [1.82, 2.24) is 4.98 Å². The largest absolute Gasteiger partial charge is 0.372 e. The van der Waals surface area contributed by atoms with Crippen LogP contribution in [0.5, 0.6) is 0 Å². The van der Waals surface area contributed by atoms with Crippen LogP contribution in [0.2, 0.25) is 0 Å². The van der Waals surface area contributed by atoms with Crippen molar-refractivity contribution in [2.75, 3.05) is 23.4 Å². The van der Waals surface area contributed by atoms with Crippen molar-refractivity contribution in [2.24, 2.45) is 0 Å². The first-order valence-corrected chi connectivity index (χ1v) is 7.28. The Hall–Kier alpha value is -1.77. The van der Waals surface area contributed by atoms with Gasteiger partial charge in [-0.2, -0.15) is 0 Å². The summed E-state index contributed by atoms with van der Waals surface area (Å²) in [5, 5.41) is 0. The van der Waals surface area contributed by atoms with Gasteiger partial charge < -0.3 is 9.80 Å². The Morgan fingerprint density at radius 1 is 1.35 bits per heavy atom. The molecule has 1 atom stereocenters. The van der Waals surface area contributed by atoms with Crippen LogP contribution in [0.3, 0.4) is 0 Å². The molecule has 0 N–H and O–H groups in total. The predicted molar refractivity (Wildman–Crippen MR) is 88.2 cm³/mol. The monoisotopic (exact) mass is 271 g/mol. The third-order valence-corrected chi connectivity index (χ3v) is 3.98. The highest BCUT2D eigenvalue weighted by Gasteiger charge is 2.27. The van der Waals surface area contributed by atoms with Crippen LogP contribution in [-0.4, -0.2) is 24.6 Å². The second-order valence-corrected chi connectivity index (χ2v) is 5.70. The molecule has 2 heterocycles. The highest BCUT2D eigenvalue weighted by molar-refractivity contribution is 5.73. The number of nitrogens with zero attached hydrogens (tertiary/aromatic N) is 3. The van der Waals surface area contributed by atoms with Gasteiger partial charge in [0.15, 0.2) is 5.82 Å². The fourth-order valence-corrected chi connectivity index (χ4v) is 2.80. The van der Waals surface area contributed by atoms with Crippen LogP contribution in [0.15, 0.2) is 31.0 Å². The molecule has 0 aliphatic carbocycles. The molecule has 0 radical (unpaired) electrons. The number of hydrogen-bond acceptors (Lipinski definition) is 3. The van der Waals surface area contributed by atoms with Gasteiger partial charge in [0.2, 0.25) is 0 Å². The van der Waals surface area contributed by atoms with E-state index < -0.39 is 0 Å². The van der Waals surface area contributed by atoms with E-state index in [1.165, 1.54) is 5.69 Å². The van der Waals surface area contributed by atoms with Crippen molar-refractivity contribution in [3.63, 3.8) is 0 Å². The van der Waals surface area contributed by atoms with E-state index >= 15 is 0 Å². The van der Waals surface area contributed by atoms with Gasteiger partial charge in [0.05, 0.1) is 11.4 Å². The van der Waals surface area contributed by atoms with E-state index in [2.05, 4.69) is 56.0 Å². The highest BCUT2D eigenvalue weighted by atomic mass is 15.3. The average molecular weight is 271 g/mol. The van der Waals surface area contributed by atoms with E-state index in [0.29, 0.717) is 6.04 Å². The number of fused-ring (bicyclic) bond motifs is 1. The van der Waals surface area contributed by atoms with Gasteiger partial charge in [-0.3, -0.25) is 0 Å². The molecule has 3 nitrogen and oxygen atoms in total. The zero-order chi connectivity index (χ0) is 14.9. The summed E-state index contributed by atoms with van der Waals surface area (Å²) in [4.78, 5) is 9.43. The molecule has 0 saturated carbocycles. The minimum Gasteiger partial charge on any atom is -0.372 e. The van der Waals surface area contributed by atoms with Gasteiger partial charge in [-0.25, -0.2) is 4.98 Å². The maximum Gasteiger partial charge on any atom is 0.157 e. The molecule has 1 aliphatic heterocycles. The lowest BCUT2D eigenvalue weighted by atomic mass is 10.1. The van der Waals surface area contributed by atoms with Crippen molar-refractivity contribution in [3.05, 3.63) is 36.7 Å². The van der Waals surface area contributed by atoms with Gasteiger partial charge in [-0.1, -0.05) is 20.1 Å². The van der Waals surface area contributed by atoms with Crippen LogP contribution in [0.25, 0.3) is 5.57 Å². The van der Waals surface area contributed by atoms with E-state index in [4.69, 9.17) is 4.98 Å². The lowest BCUT2D eigenvalue weighted by Gasteiger charge is -2.31. The Morgan fingerprint density at radius 3 is 2.60 bits per heavy atom. The number of anilines is 2. The Kier molecular flexibility index (Phi) is 4.17. The van der Waals surface area contributed by atoms with Crippen molar-refractivity contribution < 1.29 is 0 Å². The molecule has 1 unspecified atom stereocenters. The summed E-state index contributed by atoms with van der Waals surface area (Å²) < 4.78 is 0. The van der Waals surface area contributed by atoms with Crippen LogP contribution in [-0.2, 0) is 0 Å². The molecule has 3 heteroatoms. The Balaban J connectivity index is 2.60. The number of pyridine rings is 1. The number of rotatable bonds is 3. The van der Waals surface area contributed by atoms with Gasteiger partial charge in [-0.15, -0.1) is 0 Å². The summed E-state index contributed by atoms with van der Waals surface area (Å²) >= 11 is 0. The minimum atomic E-state index is 0.462. The van der Waals surface area contributed by atoms with Crippen LogP contribution in [0, 0.1) is 0 Å². The number of aromatic nitrogens is 1. The Labute approximate surface area is 122 Å². The van der Waals surface area contributed by atoms with E-state index in [9.17, 15) is 0 Å². The van der Waals surface area contributed by atoms with Crippen molar-refractivity contribution in [1.29, 1.82) is 0 Å². The van der Waals surface area contributed by atoms with Crippen LogP contribution in [0.4, 0.5) is 11.5 Å². The quantitative estimate of drug-likeness (QED) is 0.826. The fourth-order valence-electron chi connectivity index (χ4n) is 2.80. The highest BCUT2D eigenvalue weighted by Crippen LogP contribution is 2.36. The smallest absolute Gasteiger partial charge is 0.157 e. The molecule has 0 aromatic carbocycles. The zero-order valence-electron chi connectivity index (χ0n) is 13.1. The molecule has 2 rings (SSSR count). The van der Waals surface area contributed by atoms with E-state index in [1.807, 2.05) is 6.92 Å². The SMILES string of the molecule is C=C(C)c1ccc2c(n1)N(C(=C)C)C(CC)CCN2C. The standard InChI is InChI=1S/C17H25N3/c1-7-14-10-11-19(6)16-9-8-15(12(2)3)18-17(16)20(14)13(4)5/h8-9,14H,2,4,7,10-11H2,1,3,5-6H3. The molecular weight excluding hydrogens is 246 g/mol. The lowest BCUT2D eigenvalue weighted by molar-refractivity contribution is 0.576. The molecule has 20 heavy (non-hydrogen) atoms. The average Bonchev–Trinajstić information content (AvgIpc) is 2.55. The predicted octanol–water partition coefficient (Wildman–Crippen LogP) is 4.07. The Morgan fingerprint density at radius 2 is 2.05 bits per heavy atom. The lowest BCUT2D eigenvalue weighted by Crippen LogP contribution is -2.33. The van der Waals surface area contributed by atoms with Gasteiger partial charge in [0.25, 0.3) is 0 Å². The summed E-state index contributed by atoms with van der Waals surface area (Å²) in [6.07, 6.45) is 2.22. The summed E-state index contributed by atoms with van der Waals surface area (Å²) in [6.45, 7) is 15.5. The normalized spacial score (nSPS) is 18.5. The van der Waals surface area contributed by atoms with Crippen molar-refractivity contribution in [2.45, 2.75) is 39.7 Å². The summed E-state index contributed by atoms with van der Waals surface area (Å²) in [5.74, 6) is 1.02. The molecule has 0 spiro atoms. The van der Waals surface area contributed by atoms with Gasteiger partial charge in [0.1, 0.15) is 0 Å². The first-order valence-electron chi connectivity index (χ1n) is 7.28. The molecule has 1 aromatic heterocycles. The first-order chi connectivity index (χ1) is 9.45. The third-order valence-electron chi connectivity index (χ3n) is 3.98. The maximum atomic E-state index is 4.85. The van der Waals surface area contributed by atoms with Crippen LogP contribution < -0.4 is 9.80 Å². The number of allylic oxidation sites excluding steroid dienone is 2. The first kappa shape index (κ1) is 14.6. The summed E-state index contributed by atoms with van der Waals surface area (Å²) in [6, 6.07) is 4.67. The van der Waals surface area contributed by atoms with E-state index in [0.717, 1.165) is 42.2 Å². The van der Waals surface area contributed by atoms with Crippen molar-refractivity contribution in [3.8, 4) is 0 Å². The number of hydrogen-bond donors (Lipinski definition) is 0. The molecular formula is C17H25N3. The molecule has 1 aromatic rings. The minimum absolute atomic E-state index is 0.462. The van der Waals surface area contributed by atoms with Gasteiger partial charge in [0, 0.05) is 25.3 Å². The van der Waals surface area contributed by atoms with Gasteiger partial charge in [-0.05, 0) is 44.4 Å². The zero-order valence-corrected chi connectivity index (χ0v) is 13.1. The molecule has 0 bridgehead atoms. The Bertz CT molecular complexity index is 533. The van der Waals surface area contributed by atoms with Crippen LogP contribution in [0.1, 0.15) is 39.3 Å². The maximum absolute atomic E-state index is 4.85. The molecule has 0 fully saturated rings. The van der Waals surface area contributed by atoms with E-state index in [-0.39, 0.29) is 0 Å². The van der Waals surface area contributed by atoms with E-state index in [1.54, 1.807) is 0 Å². The molecule has 108 valence electrons. The van der Waals surface area contributed by atoms with Crippen molar-refractivity contribution >= 4 is 17.1 Å². The summed E-state index contributed by atoms with van der Waals surface area (Å²) in [5.41, 5.74) is 4.18. The molecule has 0 amide bonds.